The van der Waals surface area contributed by atoms with E-state index >= 15 is 0 Å². The second-order valence-corrected chi connectivity index (χ2v) is 6.20. The summed E-state index contributed by atoms with van der Waals surface area (Å²) in [6, 6.07) is 1.91. The number of nitrogens with one attached hydrogen (secondary N) is 1. The highest BCUT2D eigenvalue weighted by Gasteiger charge is 2.26. The van der Waals surface area contributed by atoms with Gasteiger partial charge in [0.15, 0.2) is 0 Å². The molecule has 0 aliphatic carbocycles. The Labute approximate surface area is 133 Å². The Morgan fingerprint density at radius 1 is 1.35 bits per heavy atom. The minimum atomic E-state index is -0.0328. The SMILES string of the molecule is Cn1cnc(CN2CCCCC2c2cc(=O)n3ccnc3[nH]2)c1. The summed E-state index contributed by atoms with van der Waals surface area (Å²) in [5, 5.41) is 0. The summed E-state index contributed by atoms with van der Waals surface area (Å²) >= 11 is 0. The number of hydrogen-bond acceptors (Lipinski definition) is 4. The van der Waals surface area contributed by atoms with Crippen molar-refractivity contribution in [1.29, 1.82) is 0 Å². The highest BCUT2D eigenvalue weighted by molar-refractivity contribution is 5.30. The van der Waals surface area contributed by atoms with E-state index in [4.69, 9.17) is 0 Å². The Hall–Kier alpha value is -2.41. The van der Waals surface area contributed by atoms with Crippen molar-refractivity contribution < 1.29 is 0 Å². The molecule has 7 nitrogen and oxygen atoms in total. The van der Waals surface area contributed by atoms with Crippen molar-refractivity contribution in [3.8, 4) is 0 Å². The van der Waals surface area contributed by atoms with Gasteiger partial charge in [0.25, 0.3) is 5.56 Å². The quantitative estimate of drug-likeness (QED) is 0.795. The molecule has 120 valence electrons. The highest BCUT2D eigenvalue weighted by atomic mass is 16.1. The van der Waals surface area contributed by atoms with Crippen LogP contribution >= 0.6 is 0 Å². The normalized spacial score (nSPS) is 19.4. The van der Waals surface area contributed by atoms with Crippen LogP contribution in [-0.2, 0) is 13.6 Å². The zero-order valence-electron chi connectivity index (χ0n) is 13.1. The molecule has 3 aromatic heterocycles. The van der Waals surface area contributed by atoms with Gasteiger partial charge in [-0.1, -0.05) is 6.42 Å². The number of hydrogen-bond donors (Lipinski definition) is 1. The van der Waals surface area contributed by atoms with Gasteiger partial charge in [-0.15, -0.1) is 0 Å². The van der Waals surface area contributed by atoms with Crippen LogP contribution in [0.3, 0.4) is 0 Å². The van der Waals surface area contributed by atoms with Gasteiger partial charge in [0.2, 0.25) is 5.78 Å². The van der Waals surface area contributed by atoms with Crippen molar-refractivity contribution >= 4 is 5.78 Å². The van der Waals surface area contributed by atoms with Crippen molar-refractivity contribution in [1.82, 2.24) is 28.8 Å². The number of aryl methyl sites for hydroxylation is 1. The van der Waals surface area contributed by atoms with E-state index in [9.17, 15) is 4.79 Å². The Morgan fingerprint density at radius 2 is 2.26 bits per heavy atom. The molecule has 0 saturated carbocycles. The summed E-state index contributed by atoms with van der Waals surface area (Å²) < 4.78 is 3.50. The molecule has 1 aliphatic rings. The van der Waals surface area contributed by atoms with Gasteiger partial charge < -0.3 is 9.55 Å². The first-order chi connectivity index (χ1) is 11.2. The van der Waals surface area contributed by atoms with Crippen LogP contribution in [0.4, 0.5) is 0 Å². The van der Waals surface area contributed by atoms with Gasteiger partial charge in [-0.05, 0) is 19.4 Å². The smallest absolute Gasteiger partial charge is 0.259 e. The van der Waals surface area contributed by atoms with Crippen molar-refractivity contribution in [3.63, 3.8) is 0 Å². The third kappa shape index (κ3) is 2.68. The number of nitrogens with zero attached hydrogens (tertiary/aromatic N) is 5. The van der Waals surface area contributed by atoms with Crippen LogP contribution in [0.1, 0.15) is 36.7 Å². The van der Waals surface area contributed by atoms with E-state index in [2.05, 4.69) is 19.9 Å². The van der Waals surface area contributed by atoms with Crippen molar-refractivity contribution in [2.45, 2.75) is 31.8 Å². The van der Waals surface area contributed by atoms with Gasteiger partial charge in [0.1, 0.15) is 0 Å². The minimum Gasteiger partial charge on any atom is -0.340 e. The molecule has 0 spiro atoms. The lowest BCUT2D eigenvalue weighted by molar-refractivity contribution is 0.135. The van der Waals surface area contributed by atoms with Crippen LogP contribution < -0.4 is 5.56 Å². The summed E-state index contributed by atoms with van der Waals surface area (Å²) in [5.41, 5.74) is 1.97. The predicted molar refractivity (Wildman–Crippen MR) is 86.0 cm³/mol. The molecule has 1 atom stereocenters. The average Bonchev–Trinajstić information content (AvgIpc) is 3.17. The Morgan fingerprint density at radius 3 is 3.09 bits per heavy atom. The van der Waals surface area contributed by atoms with E-state index in [1.54, 1.807) is 18.5 Å². The molecule has 0 amide bonds. The Kier molecular flexibility index (Phi) is 3.49. The second-order valence-electron chi connectivity index (χ2n) is 6.20. The first-order valence-electron chi connectivity index (χ1n) is 7.98. The fourth-order valence-corrected chi connectivity index (χ4v) is 3.41. The molecule has 0 radical (unpaired) electrons. The molecule has 3 aromatic rings. The van der Waals surface area contributed by atoms with E-state index in [0.29, 0.717) is 5.78 Å². The fraction of sp³-hybridized carbons (Fsp3) is 0.438. The third-order valence-corrected chi connectivity index (χ3v) is 4.51. The maximum Gasteiger partial charge on any atom is 0.259 e. The number of rotatable bonds is 3. The lowest BCUT2D eigenvalue weighted by atomic mass is 9.99. The molecule has 4 rings (SSSR count). The van der Waals surface area contributed by atoms with E-state index in [1.165, 1.54) is 17.2 Å². The zero-order chi connectivity index (χ0) is 15.8. The maximum absolute atomic E-state index is 12.2. The largest absolute Gasteiger partial charge is 0.340 e. The molecular weight excluding hydrogens is 292 g/mol. The van der Waals surface area contributed by atoms with E-state index in [0.717, 1.165) is 30.9 Å². The lowest BCUT2D eigenvalue weighted by Crippen LogP contribution is -2.34. The molecule has 1 N–H and O–H groups in total. The van der Waals surface area contributed by atoms with Crippen LogP contribution in [0.2, 0.25) is 0 Å². The van der Waals surface area contributed by atoms with Crippen LogP contribution in [0.5, 0.6) is 0 Å². The maximum atomic E-state index is 12.2. The fourth-order valence-electron chi connectivity index (χ4n) is 3.41. The Bertz CT molecular complexity index is 876. The summed E-state index contributed by atoms with van der Waals surface area (Å²) in [4.78, 5) is 26.6. The third-order valence-electron chi connectivity index (χ3n) is 4.51. The number of fused-ring (bicyclic) bond motifs is 1. The predicted octanol–water partition coefficient (Wildman–Crippen LogP) is 1.48. The first kappa shape index (κ1) is 14.2. The van der Waals surface area contributed by atoms with Gasteiger partial charge in [-0.2, -0.15) is 0 Å². The summed E-state index contributed by atoms with van der Waals surface area (Å²) in [5.74, 6) is 0.607. The van der Waals surface area contributed by atoms with Crippen molar-refractivity contribution in [2.75, 3.05) is 6.54 Å². The summed E-state index contributed by atoms with van der Waals surface area (Å²) in [6.07, 6.45) is 10.6. The minimum absolute atomic E-state index is 0.0328. The van der Waals surface area contributed by atoms with E-state index < -0.39 is 0 Å². The summed E-state index contributed by atoms with van der Waals surface area (Å²) in [7, 11) is 1.98. The zero-order valence-corrected chi connectivity index (χ0v) is 13.1. The summed E-state index contributed by atoms with van der Waals surface area (Å²) in [6.45, 7) is 1.82. The number of H-pyrrole nitrogens is 1. The topological polar surface area (TPSA) is 71.2 Å². The molecule has 4 heterocycles. The number of likely N-dealkylation sites (tertiary alicyclic amines) is 1. The molecule has 1 unspecified atom stereocenters. The molecule has 0 aromatic carbocycles. The van der Waals surface area contributed by atoms with Gasteiger partial charge in [-0.3, -0.25) is 14.1 Å². The lowest BCUT2D eigenvalue weighted by Gasteiger charge is -2.35. The first-order valence-corrected chi connectivity index (χ1v) is 7.98. The monoisotopic (exact) mass is 312 g/mol. The standard InChI is InChI=1S/C16H20N6O/c1-20-9-12(18-11-20)10-21-6-3-2-4-14(21)13-8-15(23)22-7-5-17-16(22)19-13/h5,7-9,11,14H,2-4,6,10H2,1H3,(H,17,19). The van der Waals surface area contributed by atoms with Gasteiger partial charge in [0.05, 0.1) is 18.1 Å². The molecule has 7 heteroatoms. The molecular formula is C16H20N6O. The molecule has 23 heavy (non-hydrogen) atoms. The van der Waals surface area contributed by atoms with Crippen LogP contribution in [0, 0.1) is 0 Å². The molecule has 0 bridgehead atoms. The van der Waals surface area contributed by atoms with Gasteiger partial charge >= 0.3 is 0 Å². The van der Waals surface area contributed by atoms with Crippen molar-refractivity contribution in [2.24, 2.45) is 7.05 Å². The second kappa shape index (κ2) is 5.66. The van der Waals surface area contributed by atoms with Crippen LogP contribution in [-0.4, -0.2) is 35.4 Å². The van der Waals surface area contributed by atoms with Gasteiger partial charge in [0, 0.05) is 43.9 Å². The van der Waals surface area contributed by atoms with Crippen LogP contribution in [0.15, 0.2) is 35.8 Å². The molecule has 1 saturated heterocycles. The van der Waals surface area contributed by atoms with Crippen molar-refractivity contribution in [3.05, 3.63) is 52.7 Å². The van der Waals surface area contributed by atoms with E-state index in [-0.39, 0.29) is 11.6 Å². The number of piperidine rings is 1. The molecule has 1 aliphatic heterocycles. The average molecular weight is 312 g/mol. The Balaban J connectivity index is 1.67. The number of imidazole rings is 2. The number of aromatic nitrogens is 5. The molecule has 1 fully saturated rings. The van der Waals surface area contributed by atoms with Gasteiger partial charge in [-0.25, -0.2) is 9.97 Å². The number of aromatic amines is 1. The highest BCUT2D eigenvalue weighted by Crippen LogP contribution is 2.30. The van der Waals surface area contributed by atoms with E-state index in [1.807, 2.05) is 24.1 Å². The van der Waals surface area contributed by atoms with Crippen LogP contribution in [0.25, 0.3) is 5.78 Å².